The van der Waals surface area contributed by atoms with Crippen LogP contribution in [0.5, 0.6) is 0 Å². The number of halogens is 3. The quantitative estimate of drug-likeness (QED) is 0.754. The van der Waals surface area contributed by atoms with E-state index in [1.165, 1.54) is 0 Å². The first-order chi connectivity index (χ1) is 7.32. The SMILES string of the molecule is O=S(=O)(c1ccc(C(F)(F)F)cc1)C1CO1. The van der Waals surface area contributed by atoms with Crippen molar-refractivity contribution in [1.29, 1.82) is 0 Å². The van der Waals surface area contributed by atoms with Crippen LogP contribution < -0.4 is 0 Å². The van der Waals surface area contributed by atoms with Crippen LogP contribution in [0.3, 0.4) is 0 Å². The van der Waals surface area contributed by atoms with Gasteiger partial charge in [-0.25, -0.2) is 8.42 Å². The van der Waals surface area contributed by atoms with E-state index in [0.29, 0.717) is 0 Å². The lowest BCUT2D eigenvalue weighted by atomic mass is 10.2. The van der Waals surface area contributed by atoms with Gasteiger partial charge in [-0.15, -0.1) is 0 Å². The Kier molecular flexibility index (Phi) is 2.47. The summed E-state index contributed by atoms with van der Waals surface area (Å²) in [5, 5.41) is 0. The first kappa shape index (κ1) is 11.4. The van der Waals surface area contributed by atoms with E-state index < -0.39 is 27.0 Å². The highest BCUT2D eigenvalue weighted by Gasteiger charge is 2.39. The van der Waals surface area contributed by atoms with Gasteiger partial charge < -0.3 is 4.74 Å². The second-order valence-electron chi connectivity index (χ2n) is 3.33. The summed E-state index contributed by atoms with van der Waals surface area (Å²) in [6.45, 7) is 0.101. The third-order valence-electron chi connectivity index (χ3n) is 2.16. The summed E-state index contributed by atoms with van der Waals surface area (Å²) in [7, 11) is -3.62. The van der Waals surface area contributed by atoms with Crippen molar-refractivity contribution in [2.45, 2.75) is 16.5 Å². The van der Waals surface area contributed by atoms with Crippen molar-refractivity contribution in [3.8, 4) is 0 Å². The molecule has 0 bridgehead atoms. The molecular weight excluding hydrogens is 245 g/mol. The Hall–Kier alpha value is -1.08. The zero-order valence-electron chi connectivity index (χ0n) is 7.86. The fourth-order valence-corrected chi connectivity index (χ4v) is 2.46. The van der Waals surface area contributed by atoms with Gasteiger partial charge in [-0.05, 0) is 24.3 Å². The van der Waals surface area contributed by atoms with Crippen molar-refractivity contribution >= 4 is 9.84 Å². The van der Waals surface area contributed by atoms with Gasteiger partial charge in [0.2, 0.25) is 9.84 Å². The molecule has 16 heavy (non-hydrogen) atoms. The van der Waals surface area contributed by atoms with Gasteiger partial charge in [0.1, 0.15) is 0 Å². The molecule has 1 aromatic carbocycles. The molecule has 0 saturated carbocycles. The van der Waals surface area contributed by atoms with E-state index in [2.05, 4.69) is 4.74 Å². The molecule has 0 aromatic heterocycles. The minimum absolute atomic E-state index is 0.101. The van der Waals surface area contributed by atoms with Crippen molar-refractivity contribution in [1.82, 2.24) is 0 Å². The molecule has 0 spiro atoms. The third-order valence-corrected chi connectivity index (χ3v) is 4.05. The molecular formula is C9H7F3O3S. The summed E-state index contributed by atoms with van der Waals surface area (Å²) >= 11 is 0. The van der Waals surface area contributed by atoms with E-state index in [1.807, 2.05) is 0 Å². The predicted molar refractivity (Wildman–Crippen MR) is 48.4 cm³/mol. The standard InChI is InChI=1S/C9H7F3O3S/c10-9(11,12)6-1-3-7(4-2-6)16(13,14)8-5-15-8/h1-4,8H,5H2. The third kappa shape index (κ3) is 2.05. The molecule has 1 heterocycles. The molecule has 0 amide bonds. The molecule has 1 unspecified atom stereocenters. The second-order valence-corrected chi connectivity index (χ2v) is 5.42. The largest absolute Gasteiger partial charge is 0.416 e. The first-order valence-corrected chi connectivity index (χ1v) is 5.89. The Morgan fingerprint density at radius 1 is 1.19 bits per heavy atom. The van der Waals surface area contributed by atoms with E-state index in [0.717, 1.165) is 24.3 Å². The van der Waals surface area contributed by atoms with E-state index >= 15 is 0 Å². The fourth-order valence-electron chi connectivity index (χ4n) is 1.20. The highest BCUT2D eigenvalue weighted by atomic mass is 32.2. The summed E-state index contributed by atoms with van der Waals surface area (Å²) in [5.41, 5.74) is -1.77. The Bertz CT molecular complexity index is 486. The number of hydrogen-bond acceptors (Lipinski definition) is 3. The lowest BCUT2D eigenvalue weighted by Gasteiger charge is -2.07. The van der Waals surface area contributed by atoms with E-state index in [-0.39, 0.29) is 11.5 Å². The molecule has 0 N–H and O–H groups in total. The van der Waals surface area contributed by atoms with E-state index in [9.17, 15) is 21.6 Å². The Balaban J connectivity index is 2.33. The monoisotopic (exact) mass is 252 g/mol. The number of sulfone groups is 1. The number of ether oxygens (including phenoxy) is 1. The normalized spacial score (nSPS) is 20.8. The van der Waals surface area contributed by atoms with Crippen LogP contribution in [-0.4, -0.2) is 20.5 Å². The van der Waals surface area contributed by atoms with Crippen molar-refractivity contribution in [2.24, 2.45) is 0 Å². The zero-order valence-corrected chi connectivity index (χ0v) is 8.68. The molecule has 3 nitrogen and oxygen atoms in total. The maximum atomic E-state index is 12.2. The Morgan fingerprint density at radius 3 is 2.06 bits per heavy atom. The topological polar surface area (TPSA) is 46.7 Å². The molecule has 88 valence electrons. The maximum Gasteiger partial charge on any atom is 0.416 e. The summed E-state index contributed by atoms with van der Waals surface area (Å²) in [6.07, 6.45) is -4.46. The van der Waals surface area contributed by atoms with Gasteiger partial charge in [-0.3, -0.25) is 0 Å². The van der Waals surface area contributed by atoms with Crippen LogP contribution in [0.4, 0.5) is 13.2 Å². The summed E-state index contributed by atoms with van der Waals surface area (Å²) in [4.78, 5) is -0.150. The first-order valence-electron chi connectivity index (χ1n) is 4.34. The molecule has 0 radical (unpaired) electrons. The molecule has 1 aromatic rings. The summed E-state index contributed by atoms with van der Waals surface area (Å²) in [5.74, 6) is 0. The van der Waals surface area contributed by atoms with Crippen LogP contribution in [0, 0.1) is 0 Å². The van der Waals surface area contributed by atoms with Gasteiger partial charge in [-0.2, -0.15) is 13.2 Å². The van der Waals surface area contributed by atoms with Crippen molar-refractivity contribution in [2.75, 3.05) is 6.61 Å². The van der Waals surface area contributed by atoms with Gasteiger partial charge >= 0.3 is 6.18 Å². The van der Waals surface area contributed by atoms with Gasteiger partial charge in [0, 0.05) is 0 Å². The van der Waals surface area contributed by atoms with Crippen LogP contribution in [-0.2, 0) is 20.8 Å². The molecule has 1 fully saturated rings. The molecule has 0 aliphatic carbocycles. The van der Waals surface area contributed by atoms with Crippen LogP contribution in [0.1, 0.15) is 5.56 Å². The average molecular weight is 252 g/mol. The number of hydrogen-bond donors (Lipinski definition) is 0. The Labute approximate surface area is 89.8 Å². The molecule has 1 aliphatic heterocycles. The highest BCUT2D eigenvalue weighted by molar-refractivity contribution is 7.92. The zero-order chi connectivity index (χ0) is 12.0. The van der Waals surface area contributed by atoms with Gasteiger partial charge in [0.15, 0.2) is 5.44 Å². The lowest BCUT2D eigenvalue weighted by Crippen LogP contribution is -2.10. The second kappa shape index (κ2) is 3.46. The fraction of sp³-hybridized carbons (Fsp3) is 0.333. The molecule has 7 heteroatoms. The number of epoxide rings is 1. The molecule has 1 saturated heterocycles. The van der Waals surface area contributed by atoms with Crippen LogP contribution in [0.25, 0.3) is 0 Å². The van der Waals surface area contributed by atoms with Crippen molar-refractivity contribution in [3.63, 3.8) is 0 Å². The van der Waals surface area contributed by atoms with E-state index in [4.69, 9.17) is 0 Å². The molecule has 1 atom stereocenters. The number of alkyl halides is 3. The van der Waals surface area contributed by atoms with Crippen molar-refractivity contribution < 1.29 is 26.3 Å². The minimum Gasteiger partial charge on any atom is -0.356 e. The van der Waals surface area contributed by atoms with Crippen LogP contribution >= 0.6 is 0 Å². The van der Waals surface area contributed by atoms with Gasteiger partial charge in [0.25, 0.3) is 0 Å². The molecule has 1 aliphatic rings. The lowest BCUT2D eigenvalue weighted by molar-refractivity contribution is -0.137. The number of rotatable bonds is 2. The molecule has 2 rings (SSSR count). The van der Waals surface area contributed by atoms with Crippen LogP contribution in [0.2, 0.25) is 0 Å². The smallest absolute Gasteiger partial charge is 0.356 e. The van der Waals surface area contributed by atoms with Crippen LogP contribution in [0.15, 0.2) is 29.2 Å². The summed E-state index contributed by atoms with van der Waals surface area (Å²) in [6, 6.07) is 3.38. The van der Waals surface area contributed by atoms with E-state index in [1.54, 1.807) is 0 Å². The highest BCUT2D eigenvalue weighted by Crippen LogP contribution is 2.31. The predicted octanol–water partition coefficient (Wildman–Crippen LogP) is 1.84. The van der Waals surface area contributed by atoms with Gasteiger partial charge in [-0.1, -0.05) is 0 Å². The minimum atomic E-state index is -4.46. The number of benzene rings is 1. The average Bonchev–Trinajstić information content (AvgIpc) is 3.00. The summed E-state index contributed by atoms with van der Waals surface area (Å²) < 4.78 is 64.4. The van der Waals surface area contributed by atoms with Crippen molar-refractivity contribution in [3.05, 3.63) is 29.8 Å². The maximum absolute atomic E-state index is 12.2. The van der Waals surface area contributed by atoms with Gasteiger partial charge in [0.05, 0.1) is 17.1 Å². The Morgan fingerprint density at radius 2 is 1.69 bits per heavy atom.